The third-order valence-electron chi connectivity index (χ3n) is 6.32. The van der Waals surface area contributed by atoms with Crippen molar-refractivity contribution in [2.75, 3.05) is 6.61 Å². The van der Waals surface area contributed by atoms with Gasteiger partial charge in [0.25, 0.3) is 5.56 Å². The summed E-state index contributed by atoms with van der Waals surface area (Å²) < 4.78 is 8.50. The molecule has 0 amide bonds. The normalized spacial score (nSPS) is 22.7. The van der Waals surface area contributed by atoms with Crippen LogP contribution in [0.2, 0.25) is 0 Å². The molecule has 2 aromatic heterocycles. The molecule has 2 aromatic rings. The van der Waals surface area contributed by atoms with Crippen LogP contribution in [0.1, 0.15) is 43.5 Å². The van der Waals surface area contributed by atoms with Gasteiger partial charge in [-0.2, -0.15) is 5.10 Å². The summed E-state index contributed by atoms with van der Waals surface area (Å²) in [6, 6.07) is 2.89. The SMILES string of the molecule is Cn1cc(-n2cc(C(=O)OCCC3=CC[C@H]4C[C@@H]3C4(C)C)ccc2=O)cn1. The molecule has 1 saturated carbocycles. The third-order valence-corrected chi connectivity index (χ3v) is 6.32. The first kappa shape index (κ1) is 17.8. The molecule has 3 aliphatic rings. The van der Waals surface area contributed by atoms with Gasteiger partial charge in [0.05, 0.1) is 24.1 Å². The van der Waals surface area contributed by atoms with Crippen LogP contribution in [-0.4, -0.2) is 26.9 Å². The van der Waals surface area contributed by atoms with Crippen molar-refractivity contribution in [1.29, 1.82) is 0 Å². The van der Waals surface area contributed by atoms with Gasteiger partial charge < -0.3 is 4.74 Å². The van der Waals surface area contributed by atoms with Gasteiger partial charge in [-0.1, -0.05) is 25.5 Å². The average Bonchev–Trinajstić information content (AvgIpc) is 3.08. The minimum absolute atomic E-state index is 0.214. The van der Waals surface area contributed by atoms with E-state index in [1.54, 1.807) is 24.1 Å². The molecule has 5 rings (SSSR count). The Morgan fingerprint density at radius 2 is 2.15 bits per heavy atom. The van der Waals surface area contributed by atoms with Crippen molar-refractivity contribution >= 4 is 5.97 Å². The summed E-state index contributed by atoms with van der Waals surface area (Å²) in [4.78, 5) is 24.5. The number of rotatable bonds is 5. The molecule has 0 saturated heterocycles. The highest BCUT2D eigenvalue weighted by molar-refractivity contribution is 5.89. The van der Waals surface area contributed by atoms with Crippen LogP contribution in [0.3, 0.4) is 0 Å². The number of aryl methyl sites for hydroxylation is 1. The van der Waals surface area contributed by atoms with Gasteiger partial charge in [0, 0.05) is 31.9 Å². The fourth-order valence-electron chi connectivity index (χ4n) is 4.44. The summed E-state index contributed by atoms with van der Waals surface area (Å²) in [6.45, 7) is 5.05. The van der Waals surface area contributed by atoms with Gasteiger partial charge in [0.1, 0.15) is 0 Å². The Labute approximate surface area is 158 Å². The highest BCUT2D eigenvalue weighted by Gasteiger charge is 2.50. The summed E-state index contributed by atoms with van der Waals surface area (Å²) >= 11 is 0. The van der Waals surface area contributed by atoms with Gasteiger partial charge in [-0.25, -0.2) is 4.79 Å². The molecule has 2 atom stereocenters. The molecule has 0 aromatic carbocycles. The Morgan fingerprint density at radius 3 is 2.81 bits per heavy atom. The molecule has 27 heavy (non-hydrogen) atoms. The number of pyridine rings is 1. The maximum atomic E-state index is 12.4. The van der Waals surface area contributed by atoms with E-state index in [1.165, 1.54) is 34.9 Å². The van der Waals surface area contributed by atoms with Gasteiger partial charge >= 0.3 is 5.97 Å². The van der Waals surface area contributed by atoms with Crippen LogP contribution in [0.25, 0.3) is 5.69 Å². The lowest BCUT2D eigenvalue weighted by Crippen LogP contribution is -2.48. The molecule has 2 heterocycles. The van der Waals surface area contributed by atoms with Gasteiger partial charge in [-0.05, 0) is 36.2 Å². The minimum atomic E-state index is -0.408. The predicted molar refractivity (Wildman–Crippen MR) is 102 cm³/mol. The van der Waals surface area contributed by atoms with Crippen molar-refractivity contribution in [3.05, 3.63) is 58.3 Å². The number of hydrogen-bond acceptors (Lipinski definition) is 4. The van der Waals surface area contributed by atoms with Crippen LogP contribution in [0.4, 0.5) is 0 Å². The highest BCUT2D eigenvalue weighted by atomic mass is 16.5. The van der Waals surface area contributed by atoms with E-state index in [1.807, 2.05) is 0 Å². The van der Waals surface area contributed by atoms with E-state index in [4.69, 9.17) is 4.74 Å². The number of carbonyl (C=O) groups is 1. The monoisotopic (exact) mass is 367 g/mol. The van der Waals surface area contributed by atoms with Crippen LogP contribution in [0, 0.1) is 17.3 Å². The molecule has 2 bridgehead atoms. The molecule has 0 unspecified atom stereocenters. The molecule has 0 N–H and O–H groups in total. The first-order valence-electron chi connectivity index (χ1n) is 9.44. The van der Waals surface area contributed by atoms with Crippen molar-refractivity contribution in [2.24, 2.45) is 24.3 Å². The lowest BCUT2D eigenvalue weighted by Gasteiger charge is -2.56. The average molecular weight is 367 g/mol. The van der Waals surface area contributed by atoms with Crippen LogP contribution in [0.15, 0.2) is 47.2 Å². The Balaban J connectivity index is 1.40. The van der Waals surface area contributed by atoms with Gasteiger partial charge in [0.15, 0.2) is 0 Å². The van der Waals surface area contributed by atoms with E-state index in [0.717, 1.165) is 18.8 Å². The Morgan fingerprint density at radius 1 is 1.33 bits per heavy atom. The van der Waals surface area contributed by atoms with E-state index in [2.05, 4.69) is 25.0 Å². The second-order valence-electron chi connectivity index (χ2n) is 8.21. The summed E-state index contributed by atoms with van der Waals surface area (Å²) in [7, 11) is 1.78. The van der Waals surface area contributed by atoms with Gasteiger partial charge in [0.2, 0.25) is 0 Å². The molecular formula is C21H25N3O3. The topological polar surface area (TPSA) is 66.1 Å². The number of carbonyl (C=O) groups excluding carboxylic acids is 1. The zero-order valence-corrected chi connectivity index (χ0v) is 16.0. The Hall–Kier alpha value is -2.63. The number of ether oxygens (including phenoxy) is 1. The van der Waals surface area contributed by atoms with Crippen LogP contribution >= 0.6 is 0 Å². The van der Waals surface area contributed by atoms with E-state index < -0.39 is 5.97 Å². The van der Waals surface area contributed by atoms with Crippen molar-refractivity contribution in [2.45, 2.75) is 33.1 Å². The second-order valence-corrected chi connectivity index (χ2v) is 8.21. The quantitative estimate of drug-likeness (QED) is 0.602. The van der Waals surface area contributed by atoms with E-state index in [0.29, 0.717) is 29.2 Å². The van der Waals surface area contributed by atoms with E-state index in [9.17, 15) is 9.59 Å². The van der Waals surface area contributed by atoms with E-state index in [-0.39, 0.29) is 5.56 Å². The Bertz CT molecular complexity index is 967. The van der Waals surface area contributed by atoms with Crippen molar-refractivity contribution in [3.8, 4) is 5.69 Å². The first-order valence-corrected chi connectivity index (χ1v) is 9.44. The Kier molecular flexibility index (Phi) is 4.29. The fourth-order valence-corrected chi connectivity index (χ4v) is 4.44. The summed E-state index contributed by atoms with van der Waals surface area (Å²) in [5.41, 5.74) is 2.57. The third kappa shape index (κ3) is 3.13. The molecule has 6 nitrogen and oxygen atoms in total. The zero-order chi connectivity index (χ0) is 19.2. The van der Waals surface area contributed by atoms with Crippen molar-refractivity contribution in [3.63, 3.8) is 0 Å². The summed E-state index contributed by atoms with van der Waals surface area (Å²) in [5, 5.41) is 4.07. The lowest BCUT2D eigenvalue weighted by molar-refractivity contribution is -0.0103. The zero-order valence-electron chi connectivity index (χ0n) is 16.0. The maximum absolute atomic E-state index is 12.4. The number of nitrogens with zero attached hydrogens (tertiary/aromatic N) is 3. The number of aromatic nitrogens is 3. The highest BCUT2D eigenvalue weighted by Crippen LogP contribution is 2.59. The fraction of sp³-hybridized carbons (Fsp3) is 0.476. The van der Waals surface area contributed by atoms with Gasteiger partial charge in [-0.15, -0.1) is 0 Å². The lowest BCUT2D eigenvalue weighted by atomic mass is 9.48. The largest absolute Gasteiger partial charge is 0.462 e. The molecule has 0 spiro atoms. The predicted octanol–water partition coefficient (Wildman–Crippen LogP) is 3.11. The van der Waals surface area contributed by atoms with Crippen molar-refractivity contribution < 1.29 is 9.53 Å². The molecule has 1 fully saturated rings. The van der Waals surface area contributed by atoms with Crippen LogP contribution in [-0.2, 0) is 11.8 Å². The number of hydrogen-bond donors (Lipinski definition) is 0. The van der Waals surface area contributed by atoms with Crippen LogP contribution in [0.5, 0.6) is 0 Å². The first-order chi connectivity index (χ1) is 12.9. The molecule has 0 aliphatic heterocycles. The molecular weight excluding hydrogens is 342 g/mol. The van der Waals surface area contributed by atoms with Crippen molar-refractivity contribution in [1.82, 2.24) is 14.3 Å². The number of fused-ring (bicyclic) bond motifs is 1. The smallest absolute Gasteiger partial charge is 0.339 e. The van der Waals surface area contributed by atoms with Gasteiger partial charge in [-0.3, -0.25) is 14.0 Å². The van der Waals surface area contributed by atoms with E-state index >= 15 is 0 Å². The summed E-state index contributed by atoms with van der Waals surface area (Å²) in [5.74, 6) is 1.03. The second kappa shape index (κ2) is 6.51. The number of esters is 1. The standard InChI is InChI=1S/C21H25N3O3/c1-21(2)16-6-4-14(18(21)10-16)8-9-27-20(26)15-5-7-19(25)24(12-15)17-11-22-23(3)13-17/h4-5,7,11-13,16,18H,6,8-10H2,1-3H3/t16-,18-/m0/s1. The molecule has 6 heteroatoms. The molecule has 3 aliphatic carbocycles. The summed E-state index contributed by atoms with van der Waals surface area (Å²) in [6.07, 6.45) is 10.3. The number of allylic oxidation sites excluding steroid dienone is 1. The molecule has 0 radical (unpaired) electrons. The molecule has 142 valence electrons. The maximum Gasteiger partial charge on any atom is 0.339 e. The van der Waals surface area contributed by atoms with Crippen LogP contribution < -0.4 is 5.56 Å². The minimum Gasteiger partial charge on any atom is -0.462 e.